The van der Waals surface area contributed by atoms with Gasteiger partial charge in [-0.2, -0.15) is 0 Å². The van der Waals surface area contributed by atoms with Crippen molar-refractivity contribution in [2.45, 2.75) is 258 Å². The van der Waals surface area contributed by atoms with Gasteiger partial charge in [0.2, 0.25) is 0 Å². The normalized spacial score (nSPS) is 13.4. The molecule has 0 aliphatic rings. The lowest BCUT2D eigenvalue weighted by atomic mass is 10.0. The quantitative estimate of drug-likeness (QED) is 0.0261. The number of ether oxygens (including phenoxy) is 3. The topological polar surface area (TPSA) is 78.9 Å². The van der Waals surface area contributed by atoms with Crippen molar-refractivity contribution in [1.29, 1.82) is 0 Å². The zero-order chi connectivity index (χ0) is 58.5. The summed E-state index contributed by atoms with van der Waals surface area (Å²) in [5.74, 6) is -1.02. The van der Waals surface area contributed by atoms with Crippen molar-refractivity contribution in [2.75, 3.05) is 13.2 Å². The minimum Gasteiger partial charge on any atom is -0.462 e. The summed E-state index contributed by atoms with van der Waals surface area (Å²) in [7, 11) is 0. The number of carbonyl (C=O) groups excluding carboxylic acids is 3. The molecule has 81 heavy (non-hydrogen) atoms. The second kappa shape index (κ2) is 67.0. The first-order valence-electron chi connectivity index (χ1n) is 32.3. The summed E-state index contributed by atoms with van der Waals surface area (Å²) in [6.45, 7) is 6.21. The van der Waals surface area contributed by atoms with E-state index in [1.54, 1.807) is 0 Å². The van der Waals surface area contributed by atoms with E-state index >= 15 is 0 Å². The number of hydrogen-bond acceptors (Lipinski definition) is 6. The fourth-order valence-electron chi connectivity index (χ4n) is 8.18. The Kier molecular flexibility index (Phi) is 62.5. The van der Waals surface area contributed by atoms with Gasteiger partial charge in [0.25, 0.3) is 0 Å². The number of unbranched alkanes of at least 4 members (excludes halogenated alkanes) is 15. The number of carbonyl (C=O) groups is 3. The Morgan fingerprint density at radius 2 is 0.457 bits per heavy atom. The van der Waals surface area contributed by atoms with Gasteiger partial charge in [-0.05, 0) is 148 Å². The molecule has 0 spiro atoms. The second-order valence-electron chi connectivity index (χ2n) is 20.5. The molecule has 0 aromatic carbocycles. The van der Waals surface area contributed by atoms with Crippen LogP contribution in [0.5, 0.6) is 0 Å². The molecule has 0 aliphatic carbocycles. The van der Waals surface area contributed by atoms with Crippen LogP contribution in [0.15, 0.2) is 182 Å². The number of allylic oxidation sites excluding steroid dienone is 30. The van der Waals surface area contributed by atoms with Crippen LogP contribution in [0.4, 0.5) is 0 Å². The Morgan fingerprint density at radius 1 is 0.247 bits per heavy atom. The van der Waals surface area contributed by atoms with E-state index in [0.717, 1.165) is 141 Å². The minimum absolute atomic E-state index is 0.120. The molecule has 452 valence electrons. The first kappa shape index (κ1) is 75.5. The molecule has 0 bridgehead atoms. The molecule has 1 atom stereocenters. The zero-order valence-electron chi connectivity index (χ0n) is 51.7. The van der Waals surface area contributed by atoms with Crippen molar-refractivity contribution in [3.8, 4) is 0 Å². The molecule has 0 fully saturated rings. The predicted octanol–water partition coefficient (Wildman–Crippen LogP) is 22.4. The molecule has 6 nitrogen and oxygen atoms in total. The van der Waals surface area contributed by atoms with Crippen LogP contribution in [-0.4, -0.2) is 37.2 Å². The van der Waals surface area contributed by atoms with Crippen LogP contribution in [0.2, 0.25) is 0 Å². The van der Waals surface area contributed by atoms with Crippen LogP contribution >= 0.6 is 0 Å². The van der Waals surface area contributed by atoms with Crippen molar-refractivity contribution in [1.82, 2.24) is 0 Å². The summed E-state index contributed by atoms with van der Waals surface area (Å²) in [6, 6.07) is 0. The highest BCUT2D eigenvalue weighted by Gasteiger charge is 2.19. The van der Waals surface area contributed by atoms with E-state index < -0.39 is 6.10 Å². The maximum atomic E-state index is 12.9. The van der Waals surface area contributed by atoms with Gasteiger partial charge in [-0.1, -0.05) is 267 Å². The number of rotatable bonds is 56. The van der Waals surface area contributed by atoms with Gasteiger partial charge in [-0.15, -0.1) is 0 Å². The molecule has 1 unspecified atom stereocenters. The van der Waals surface area contributed by atoms with Crippen LogP contribution in [0, 0.1) is 0 Å². The fraction of sp³-hybridized carbons (Fsp3) is 0.560. The van der Waals surface area contributed by atoms with Gasteiger partial charge >= 0.3 is 17.9 Å². The molecule has 0 aromatic heterocycles. The smallest absolute Gasteiger partial charge is 0.306 e. The largest absolute Gasteiger partial charge is 0.462 e. The lowest BCUT2D eigenvalue weighted by molar-refractivity contribution is -0.167. The minimum atomic E-state index is -0.832. The summed E-state index contributed by atoms with van der Waals surface area (Å²) < 4.78 is 16.9. The van der Waals surface area contributed by atoms with Crippen molar-refractivity contribution < 1.29 is 28.6 Å². The van der Waals surface area contributed by atoms with Crippen molar-refractivity contribution >= 4 is 17.9 Å². The Morgan fingerprint density at radius 3 is 0.753 bits per heavy atom. The lowest BCUT2D eigenvalue weighted by Crippen LogP contribution is -2.30. The van der Waals surface area contributed by atoms with Gasteiger partial charge in [0, 0.05) is 19.3 Å². The van der Waals surface area contributed by atoms with Crippen LogP contribution in [0.3, 0.4) is 0 Å². The van der Waals surface area contributed by atoms with Crippen LogP contribution in [0.25, 0.3) is 0 Å². The van der Waals surface area contributed by atoms with E-state index in [9.17, 15) is 14.4 Å². The van der Waals surface area contributed by atoms with Crippen molar-refractivity contribution in [3.63, 3.8) is 0 Å². The number of esters is 3. The highest BCUT2D eigenvalue weighted by molar-refractivity contribution is 5.71. The van der Waals surface area contributed by atoms with Gasteiger partial charge in [-0.3, -0.25) is 14.4 Å². The van der Waals surface area contributed by atoms with Gasteiger partial charge in [0.05, 0.1) is 0 Å². The van der Waals surface area contributed by atoms with E-state index in [1.807, 2.05) is 0 Å². The SMILES string of the molecule is CC/C=C\C/C=C\C/C=C\C/C=C\C/C=C\CCCCCCCCCCCCCC(=O)OCC(COC(=O)CCC/C=C\C/C=C\C/C=C\C/C=C\C/C=C\CC)OC(=O)CCCCC/C=C\C/C=C\C/C=C\C/C=C\C/C=C\CC. The molecular weight excluding hydrogens is 997 g/mol. The lowest BCUT2D eigenvalue weighted by Gasteiger charge is -2.18. The summed E-state index contributed by atoms with van der Waals surface area (Å²) >= 11 is 0. The summed E-state index contributed by atoms with van der Waals surface area (Å²) in [5.41, 5.74) is 0. The Bertz CT molecular complexity index is 1900. The van der Waals surface area contributed by atoms with Gasteiger partial charge in [0.1, 0.15) is 13.2 Å². The first-order chi connectivity index (χ1) is 40.0. The zero-order valence-corrected chi connectivity index (χ0v) is 51.7. The molecular formula is C75H116O6. The first-order valence-corrected chi connectivity index (χ1v) is 32.3. The molecule has 0 amide bonds. The van der Waals surface area contributed by atoms with Gasteiger partial charge in [0.15, 0.2) is 6.10 Å². The summed E-state index contributed by atoms with van der Waals surface area (Å²) in [6.07, 6.45) is 100. The maximum absolute atomic E-state index is 12.9. The highest BCUT2D eigenvalue weighted by atomic mass is 16.6. The standard InChI is InChI=1S/C75H116O6/c1-4-7-10-13-16-19-22-25-28-31-33-34-35-36-37-38-39-40-42-44-47-50-53-56-59-62-65-68-74(77)80-71-72(70-79-73(76)67-64-61-58-55-52-49-46-43-30-27-24-21-18-15-12-9-6-3)81-75(78)69-66-63-60-57-54-51-48-45-41-32-29-26-23-20-17-14-11-8-5-2/h7-12,16-21,25-30,33-34,36-37,41,45-46,49,51,54-55,58,72H,4-6,13-15,22-24,31-32,35,38-40,42-44,47-48,50,52-53,56-57,59-71H2,1-3H3/b10-7-,11-8-,12-9-,19-16-,20-17-,21-18-,28-25-,29-26-,30-27-,34-33-,37-36-,45-41-,49-46-,54-51-,58-55-. The van der Waals surface area contributed by atoms with Gasteiger partial charge < -0.3 is 14.2 Å². The monoisotopic (exact) mass is 1110 g/mol. The van der Waals surface area contributed by atoms with E-state index in [1.165, 1.54) is 57.8 Å². The third-order valence-corrected chi connectivity index (χ3v) is 12.9. The van der Waals surface area contributed by atoms with Crippen LogP contribution in [0.1, 0.15) is 252 Å². The van der Waals surface area contributed by atoms with Gasteiger partial charge in [-0.25, -0.2) is 0 Å². The third kappa shape index (κ3) is 65.2. The summed E-state index contributed by atoms with van der Waals surface area (Å²) in [5, 5.41) is 0. The van der Waals surface area contributed by atoms with E-state index in [4.69, 9.17) is 14.2 Å². The van der Waals surface area contributed by atoms with Crippen LogP contribution < -0.4 is 0 Å². The Labute approximate surface area is 497 Å². The molecule has 0 radical (unpaired) electrons. The second-order valence-corrected chi connectivity index (χ2v) is 20.5. The molecule has 0 aromatic rings. The Hall–Kier alpha value is -5.49. The molecule has 0 N–H and O–H groups in total. The fourth-order valence-corrected chi connectivity index (χ4v) is 8.18. The average Bonchev–Trinajstić information content (AvgIpc) is 3.47. The summed E-state index contributed by atoms with van der Waals surface area (Å²) in [4.78, 5) is 38.3. The Balaban J connectivity index is 4.49. The van der Waals surface area contributed by atoms with E-state index in [0.29, 0.717) is 19.3 Å². The predicted molar refractivity (Wildman–Crippen MR) is 352 cm³/mol. The molecule has 6 heteroatoms. The molecule has 0 saturated heterocycles. The van der Waals surface area contributed by atoms with E-state index in [-0.39, 0.29) is 44.0 Å². The molecule has 0 rings (SSSR count). The highest BCUT2D eigenvalue weighted by Crippen LogP contribution is 2.14. The molecule has 0 saturated carbocycles. The van der Waals surface area contributed by atoms with Crippen LogP contribution in [-0.2, 0) is 28.6 Å². The molecule has 0 heterocycles. The maximum Gasteiger partial charge on any atom is 0.306 e. The average molecular weight is 1110 g/mol. The van der Waals surface area contributed by atoms with Crippen molar-refractivity contribution in [2.24, 2.45) is 0 Å². The number of hydrogen-bond donors (Lipinski definition) is 0. The van der Waals surface area contributed by atoms with E-state index in [2.05, 4.69) is 203 Å². The van der Waals surface area contributed by atoms with Crippen molar-refractivity contribution in [3.05, 3.63) is 182 Å². The third-order valence-electron chi connectivity index (χ3n) is 12.9. The molecule has 0 aliphatic heterocycles.